The van der Waals surface area contributed by atoms with Crippen LogP contribution in [0.25, 0.3) is 0 Å². The van der Waals surface area contributed by atoms with E-state index < -0.39 is 10.0 Å². The Morgan fingerprint density at radius 2 is 1.90 bits per heavy atom. The molecule has 1 heterocycles. The van der Waals surface area contributed by atoms with E-state index in [2.05, 4.69) is 49.0 Å². The van der Waals surface area contributed by atoms with Crippen molar-refractivity contribution in [2.75, 3.05) is 25.4 Å². The summed E-state index contributed by atoms with van der Waals surface area (Å²) in [5.41, 5.74) is 1.24. The van der Waals surface area contributed by atoms with Crippen LogP contribution >= 0.6 is 10.0 Å². The summed E-state index contributed by atoms with van der Waals surface area (Å²) in [6.07, 6.45) is 9.88. The van der Waals surface area contributed by atoms with Crippen LogP contribution in [0.3, 0.4) is 0 Å². The molecule has 1 fully saturated rings. The molecule has 116 valence electrons. The largest absolute Gasteiger partial charge is 0.465 e. The van der Waals surface area contributed by atoms with Gasteiger partial charge in [0.15, 0.2) is 6.29 Å². The van der Waals surface area contributed by atoms with E-state index in [-0.39, 0.29) is 12.2 Å². The van der Waals surface area contributed by atoms with E-state index >= 15 is 0 Å². The van der Waals surface area contributed by atoms with Gasteiger partial charge >= 0.3 is 0 Å². The van der Waals surface area contributed by atoms with Gasteiger partial charge in [-0.3, -0.25) is 0 Å². The molecular formula is C18H26O2S. The maximum Gasteiger partial charge on any atom is 0.199 e. The van der Waals surface area contributed by atoms with Crippen LogP contribution in [0.4, 0.5) is 0 Å². The minimum Gasteiger partial charge on any atom is -0.465 e. The van der Waals surface area contributed by atoms with E-state index in [9.17, 15) is 0 Å². The summed E-state index contributed by atoms with van der Waals surface area (Å²) in [5.74, 6) is 4.50. The van der Waals surface area contributed by atoms with Gasteiger partial charge in [-0.25, -0.2) is 0 Å². The predicted octanol–water partition coefficient (Wildman–Crippen LogP) is 4.35. The summed E-state index contributed by atoms with van der Waals surface area (Å²) in [6, 6.07) is 8.26. The molecule has 2 rings (SSSR count). The van der Waals surface area contributed by atoms with Crippen molar-refractivity contribution in [3.8, 4) is 16.9 Å². The lowest BCUT2D eigenvalue weighted by molar-refractivity contribution is -0.105. The summed E-state index contributed by atoms with van der Waals surface area (Å²) in [5, 5.41) is 3.38. The van der Waals surface area contributed by atoms with E-state index in [0.717, 1.165) is 25.2 Å². The highest BCUT2D eigenvalue weighted by Crippen LogP contribution is 2.33. The Balaban J connectivity index is 1.96. The second kappa shape index (κ2) is 7.24. The highest BCUT2D eigenvalue weighted by Gasteiger charge is 2.15. The minimum absolute atomic E-state index is 0.0775. The van der Waals surface area contributed by atoms with Crippen LogP contribution < -0.4 is 4.74 Å². The van der Waals surface area contributed by atoms with Gasteiger partial charge in [0.2, 0.25) is 0 Å². The SMILES string of the molecule is CC(C#CS(C)(C)C)c1ccc(OC2CCCCO2)cc1. The van der Waals surface area contributed by atoms with Gasteiger partial charge in [-0.1, -0.05) is 23.3 Å². The quantitative estimate of drug-likeness (QED) is 0.773. The molecule has 21 heavy (non-hydrogen) atoms. The molecule has 1 aromatic rings. The monoisotopic (exact) mass is 306 g/mol. The van der Waals surface area contributed by atoms with Gasteiger partial charge in [0.1, 0.15) is 5.75 Å². The molecule has 2 atom stereocenters. The van der Waals surface area contributed by atoms with Gasteiger partial charge in [0, 0.05) is 12.3 Å². The molecule has 0 bridgehead atoms. The smallest absolute Gasteiger partial charge is 0.199 e. The van der Waals surface area contributed by atoms with Crippen molar-refractivity contribution in [2.45, 2.75) is 38.4 Å². The third-order valence-corrected chi connectivity index (χ3v) is 4.10. The Hall–Kier alpha value is -1.11. The first kappa shape index (κ1) is 16.3. The van der Waals surface area contributed by atoms with E-state index in [1.54, 1.807) is 0 Å². The number of benzene rings is 1. The van der Waals surface area contributed by atoms with Crippen molar-refractivity contribution in [3.05, 3.63) is 29.8 Å². The van der Waals surface area contributed by atoms with Crippen molar-refractivity contribution in [1.29, 1.82) is 0 Å². The van der Waals surface area contributed by atoms with Gasteiger partial charge in [-0.05, 0) is 56.2 Å². The normalized spacial score (nSPS) is 21.0. The highest BCUT2D eigenvalue weighted by molar-refractivity contribution is 8.35. The van der Waals surface area contributed by atoms with Crippen LogP contribution in [0.1, 0.15) is 37.7 Å². The third-order valence-electron chi connectivity index (χ3n) is 3.37. The Morgan fingerprint density at radius 3 is 2.48 bits per heavy atom. The zero-order chi connectivity index (χ0) is 15.3. The van der Waals surface area contributed by atoms with Gasteiger partial charge in [-0.15, -0.1) is 0 Å². The zero-order valence-electron chi connectivity index (χ0n) is 13.5. The molecule has 0 radical (unpaired) electrons. The van der Waals surface area contributed by atoms with Crippen LogP contribution in [0.15, 0.2) is 24.3 Å². The van der Waals surface area contributed by atoms with E-state index in [1.807, 2.05) is 12.1 Å². The average Bonchev–Trinajstić information content (AvgIpc) is 2.46. The molecule has 1 aliphatic rings. The van der Waals surface area contributed by atoms with Crippen LogP contribution in [0.2, 0.25) is 0 Å². The van der Waals surface area contributed by atoms with E-state index in [4.69, 9.17) is 9.47 Å². The van der Waals surface area contributed by atoms with E-state index in [0.29, 0.717) is 0 Å². The molecule has 0 saturated carbocycles. The van der Waals surface area contributed by atoms with Gasteiger partial charge in [0.25, 0.3) is 0 Å². The fraction of sp³-hybridized carbons (Fsp3) is 0.556. The van der Waals surface area contributed by atoms with Crippen molar-refractivity contribution < 1.29 is 9.47 Å². The summed E-state index contributed by atoms with van der Waals surface area (Å²) in [7, 11) is -0.757. The third kappa shape index (κ3) is 5.65. The van der Waals surface area contributed by atoms with Crippen molar-refractivity contribution in [1.82, 2.24) is 0 Å². The Bertz CT molecular complexity index is 499. The van der Waals surface area contributed by atoms with Crippen molar-refractivity contribution in [2.24, 2.45) is 0 Å². The number of hydrogen-bond donors (Lipinski definition) is 0. The van der Waals surface area contributed by atoms with Crippen molar-refractivity contribution in [3.63, 3.8) is 0 Å². The lowest BCUT2D eigenvalue weighted by Crippen LogP contribution is -2.24. The lowest BCUT2D eigenvalue weighted by atomic mass is 10.0. The van der Waals surface area contributed by atoms with Crippen LogP contribution in [0, 0.1) is 11.2 Å². The summed E-state index contributed by atoms with van der Waals surface area (Å²) in [4.78, 5) is 0. The fourth-order valence-corrected chi connectivity index (χ4v) is 2.67. The first-order valence-electron chi connectivity index (χ1n) is 7.53. The number of hydrogen-bond acceptors (Lipinski definition) is 2. The van der Waals surface area contributed by atoms with E-state index in [1.165, 1.54) is 12.0 Å². The van der Waals surface area contributed by atoms with Crippen LogP contribution in [-0.2, 0) is 4.74 Å². The lowest BCUT2D eigenvalue weighted by Gasteiger charge is -2.23. The molecule has 2 nitrogen and oxygen atoms in total. The topological polar surface area (TPSA) is 18.5 Å². The number of rotatable bonds is 3. The fourth-order valence-electron chi connectivity index (χ4n) is 2.14. The maximum absolute atomic E-state index is 5.85. The second-order valence-electron chi connectivity index (χ2n) is 6.29. The molecule has 1 saturated heterocycles. The predicted molar refractivity (Wildman–Crippen MR) is 92.2 cm³/mol. The first-order valence-corrected chi connectivity index (χ1v) is 10.4. The molecule has 0 aliphatic carbocycles. The molecule has 2 unspecified atom stereocenters. The molecule has 1 aromatic carbocycles. The molecule has 0 amide bonds. The Labute approximate surface area is 130 Å². The highest BCUT2D eigenvalue weighted by atomic mass is 32.3. The van der Waals surface area contributed by atoms with Crippen LogP contribution in [0.5, 0.6) is 5.75 Å². The molecule has 0 N–H and O–H groups in total. The molecule has 1 aliphatic heterocycles. The summed E-state index contributed by atoms with van der Waals surface area (Å²) < 4.78 is 11.4. The summed E-state index contributed by atoms with van der Waals surface area (Å²) >= 11 is 0. The van der Waals surface area contributed by atoms with Crippen LogP contribution in [-0.4, -0.2) is 31.7 Å². The first-order chi connectivity index (χ1) is 9.94. The standard InChI is InChI=1S/C18H26O2S/c1-15(12-14-21(2,3)4)16-8-10-17(11-9-16)20-18-7-5-6-13-19-18/h8-11,15,18H,5-7,13H2,1-4H3. The second-order valence-corrected chi connectivity index (χ2v) is 10.2. The average molecular weight is 306 g/mol. The Kier molecular flexibility index (Phi) is 5.61. The Morgan fingerprint density at radius 1 is 1.19 bits per heavy atom. The minimum atomic E-state index is -0.757. The summed E-state index contributed by atoms with van der Waals surface area (Å²) in [6.45, 7) is 2.96. The van der Waals surface area contributed by atoms with Crippen molar-refractivity contribution >= 4 is 10.0 Å². The van der Waals surface area contributed by atoms with Gasteiger partial charge in [-0.2, -0.15) is 10.0 Å². The molecule has 0 spiro atoms. The van der Waals surface area contributed by atoms with Gasteiger partial charge < -0.3 is 9.47 Å². The molecular weight excluding hydrogens is 280 g/mol. The molecule has 3 heteroatoms. The molecule has 0 aromatic heterocycles. The maximum atomic E-state index is 5.85. The zero-order valence-corrected chi connectivity index (χ0v) is 14.3. The van der Waals surface area contributed by atoms with Gasteiger partial charge in [0.05, 0.1) is 6.61 Å². The number of ether oxygens (including phenoxy) is 2.